The second-order valence-corrected chi connectivity index (χ2v) is 8.48. The Morgan fingerprint density at radius 2 is 2.08 bits per heavy atom. The van der Waals surface area contributed by atoms with Gasteiger partial charge in [0.1, 0.15) is 5.82 Å². The van der Waals surface area contributed by atoms with Crippen LogP contribution in [0, 0.1) is 11.7 Å². The number of carbonyl (C=O) groups excluding carboxylic acids is 1. The zero-order chi connectivity index (χ0) is 18.7. The van der Waals surface area contributed by atoms with E-state index in [1.807, 2.05) is 0 Å². The van der Waals surface area contributed by atoms with Gasteiger partial charge in [-0.2, -0.15) is 5.10 Å². The molecular formula is C17H21FN4O3S. The zero-order valence-electron chi connectivity index (χ0n) is 14.4. The Hall–Kier alpha value is -2.26. The molecule has 1 fully saturated rings. The van der Waals surface area contributed by atoms with Crippen molar-refractivity contribution < 1.29 is 17.6 Å². The predicted octanol–water partition coefficient (Wildman–Crippen LogP) is 1.68. The Kier molecular flexibility index (Phi) is 5.38. The number of piperidine rings is 1. The second-order valence-electron chi connectivity index (χ2n) is 6.50. The molecule has 0 saturated carbocycles. The fourth-order valence-corrected chi connectivity index (χ4v) is 3.90. The largest absolute Gasteiger partial charge is 0.323 e. The molecule has 1 amide bonds. The summed E-state index contributed by atoms with van der Waals surface area (Å²) in [6.45, 7) is 1.12. The van der Waals surface area contributed by atoms with Crippen LogP contribution in [-0.2, 0) is 21.4 Å². The molecule has 2 heterocycles. The van der Waals surface area contributed by atoms with Gasteiger partial charge in [-0.25, -0.2) is 17.1 Å². The lowest BCUT2D eigenvalue weighted by atomic mass is 9.99. The van der Waals surface area contributed by atoms with Crippen molar-refractivity contribution in [2.45, 2.75) is 19.4 Å². The number of hydrogen-bond acceptors (Lipinski definition) is 4. The molecule has 2 aromatic rings. The molecule has 1 N–H and O–H groups in total. The lowest BCUT2D eigenvalue weighted by Crippen LogP contribution is -2.43. The van der Waals surface area contributed by atoms with Crippen molar-refractivity contribution in [2.24, 2.45) is 5.92 Å². The molecule has 3 rings (SSSR count). The van der Waals surface area contributed by atoms with Gasteiger partial charge >= 0.3 is 0 Å². The molecule has 1 saturated heterocycles. The number of nitrogens with one attached hydrogen (secondary N) is 1. The normalized spacial score (nSPS) is 18.6. The summed E-state index contributed by atoms with van der Waals surface area (Å²) in [6, 6.07) is 6.13. The van der Waals surface area contributed by atoms with Gasteiger partial charge in [-0.15, -0.1) is 0 Å². The van der Waals surface area contributed by atoms with E-state index >= 15 is 0 Å². The number of nitrogens with zero attached hydrogens (tertiary/aromatic N) is 3. The van der Waals surface area contributed by atoms with Crippen LogP contribution < -0.4 is 5.32 Å². The van der Waals surface area contributed by atoms with Gasteiger partial charge in [0.25, 0.3) is 0 Å². The smallest absolute Gasteiger partial charge is 0.228 e. The molecule has 7 nitrogen and oxygen atoms in total. The van der Waals surface area contributed by atoms with Crippen LogP contribution in [0.2, 0.25) is 0 Å². The lowest BCUT2D eigenvalue weighted by Gasteiger charge is -2.29. The van der Waals surface area contributed by atoms with Crippen LogP contribution in [0.5, 0.6) is 0 Å². The summed E-state index contributed by atoms with van der Waals surface area (Å²) in [4.78, 5) is 12.4. The summed E-state index contributed by atoms with van der Waals surface area (Å²) < 4.78 is 39.3. The summed E-state index contributed by atoms with van der Waals surface area (Å²) in [5, 5.41) is 6.98. The van der Waals surface area contributed by atoms with E-state index in [0.717, 1.165) is 11.8 Å². The van der Waals surface area contributed by atoms with Crippen LogP contribution in [0.3, 0.4) is 0 Å². The SMILES string of the molecule is CS(=O)(=O)N1CCC[C@H](C(=O)Nc2cnn(Cc3ccc(F)cc3)c2)C1. The van der Waals surface area contributed by atoms with E-state index in [1.165, 1.54) is 16.4 Å². The van der Waals surface area contributed by atoms with Crippen LogP contribution in [-0.4, -0.2) is 47.8 Å². The Bertz CT molecular complexity index is 880. The van der Waals surface area contributed by atoms with E-state index in [4.69, 9.17) is 0 Å². The minimum Gasteiger partial charge on any atom is -0.323 e. The molecule has 0 radical (unpaired) electrons. The van der Waals surface area contributed by atoms with Gasteiger partial charge in [0, 0.05) is 19.3 Å². The molecule has 0 aliphatic carbocycles. The fraction of sp³-hybridized carbons (Fsp3) is 0.412. The summed E-state index contributed by atoms with van der Waals surface area (Å²) in [5.41, 5.74) is 1.44. The number of benzene rings is 1. The number of hydrogen-bond donors (Lipinski definition) is 1. The van der Waals surface area contributed by atoms with Gasteiger partial charge in [0.15, 0.2) is 0 Å². The fourth-order valence-electron chi connectivity index (χ4n) is 2.99. The van der Waals surface area contributed by atoms with Crippen molar-refractivity contribution in [3.05, 3.63) is 48.0 Å². The maximum atomic E-state index is 12.9. The first kappa shape index (κ1) is 18.5. The molecule has 1 aromatic carbocycles. The molecule has 1 aliphatic rings. The lowest BCUT2D eigenvalue weighted by molar-refractivity contribution is -0.120. The summed E-state index contributed by atoms with van der Waals surface area (Å²) in [7, 11) is -3.29. The summed E-state index contributed by atoms with van der Waals surface area (Å²) >= 11 is 0. The number of sulfonamides is 1. The van der Waals surface area contributed by atoms with Crippen molar-refractivity contribution in [1.29, 1.82) is 0 Å². The van der Waals surface area contributed by atoms with Crippen molar-refractivity contribution in [3.63, 3.8) is 0 Å². The average Bonchev–Trinajstić information content (AvgIpc) is 3.03. The van der Waals surface area contributed by atoms with E-state index in [1.54, 1.807) is 29.2 Å². The molecule has 0 bridgehead atoms. The maximum Gasteiger partial charge on any atom is 0.228 e. The van der Waals surface area contributed by atoms with Gasteiger partial charge < -0.3 is 5.32 Å². The van der Waals surface area contributed by atoms with Crippen LogP contribution in [0.1, 0.15) is 18.4 Å². The van der Waals surface area contributed by atoms with Crippen molar-refractivity contribution >= 4 is 21.6 Å². The first-order valence-electron chi connectivity index (χ1n) is 8.34. The zero-order valence-corrected chi connectivity index (χ0v) is 15.2. The standard InChI is InChI=1S/C17H21FN4O3S/c1-26(24,25)22-8-2-3-14(11-22)17(23)20-16-9-19-21(12-16)10-13-4-6-15(18)7-5-13/h4-7,9,12,14H,2-3,8,10-11H2,1H3,(H,20,23)/t14-/m0/s1. The first-order valence-corrected chi connectivity index (χ1v) is 10.2. The molecule has 9 heteroatoms. The number of anilines is 1. The molecule has 1 aromatic heterocycles. The van der Waals surface area contributed by atoms with Crippen LogP contribution in [0.4, 0.5) is 10.1 Å². The molecule has 1 aliphatic heterocycles. The van der Waals surface area contributed by atoms with E-state index in [2.05, 4.69) is 10.4 Å². The van der Waals surface area contributed by atoms with E-state index < -0.39 is 10.0 Å². The monoisotopic (exact) mass is 380 g/mol. The van der Waals surface area contributed by atoms with Crippen molar-refractivity contribution in [3.8, 4) is 0 Å². The van der Waals surface area contributed by atoms with Gasteiger partial charge in [0.05, 0.1) is 30.6 Å². The van der Waals surface area contributed by atoms with Crippen LogP contribution in [0.15, 0.2) is 36.7 Å². The molecule has 0 spiro atoms. The van der Waals surface area contributed by atoms with Crippen molar-refractivity contribution in [1.82, 2.24) is 14.1 Å². The third-order valence-corrected chi connectivity index (χ3v) is 5.65. The van der Waals surface area contributed by atoms with Gasteiger partial charge in [-0.1, -0.05) is 12.1 Å². The van der Waals surface area contributed by atoms with E-state index in [-0.39, 0.29) is 24.2 Å². The van der Waals surface area contributed by atoms with E-state index in [9.17, 15) is 17.6 Å². The molecule has 26 heavy (non-hydrogen) atoms. The molecule has 0 unspecified atom stereocenters. The summed E-state index contributed by atoms with van der Waals surface area (Å²) in [6.07, 6.45) is 5.71. The highest BCUT2D eigenvalue weighted by molar-refractivity contribution is 7.88. The third-order valence-electron chi connectivity index (χ3n) is 4.38. The maximum absolute atomic E-state index is 12.9. The highest BCUT2D eigenvalue weighted by Crippen LogP contribution is 2.20. The van der Waals surface area contributed by atoms with Gasteiger partial charge in [-0.05, 0) is 30.5 Å². The second kappa shape index (κ2) is 7.55. The Labute approximate surface area is 151 Å². The van der Waals surface area contributed by atoms with Gasteiger partial charge in [-0.3, -0.25) is 9.48 Å². The van der Waals surface area contributed by atoms with E-state index in [0.29, 0.717) is 31.6 Å². The number of carbonyl (C=O) groups is 1. The molecule has 140 valence electrons. The number of amides is 1. The predicted molar refractivity (Wildman–Crippen MR) is 95.5 cm³/mol. The highest BCUT2D eigenvalue weighted by atomic mass is 32.2. The quantitative estimate of drug-likeness (QED) is 0.855. The first-order chi connectivity index (χ1) is 12.3. The van der Waals surface area contributed by atoms with Crippen LogP contribution >= 0.6 is 0 Å². The number of aromatic nitrogens is 2. The molecule has 1 atom stereocenters. The van der Waals surface area contributed by atoms with Crippen molar-refractivity contribution in [2.75, 3.05) is 24.7 Å². The minimum atomic E-state index is -3.29. The summed E-state index contributed by atoms with van der Waals surface area (Å²) in [5.74, 6) is -0.878. The third kappa shape index (κ3) is 4.67. The highest BCUT2D eigenvalue weighted by Gasteiger charge is 2.30. The molecular weight excluding hydrogens is 359 g/mol. The number of halogens is 1. The Balaban J connectivity index is 1.59. The Morgan fingerprint density at radius 1 is 1.35 bits per heavy atom. The number of rotatable bonds is 5. The minimum absolute atomic E-state index is 0.203. The Morgan fingerprint density at radius 3 is 2.77 bits per heavy atom. The van der Waals surface area contributed by atoms with Gasteiger partial charge in [0.2, 0.25) is 15.9 Å². The average molecular weight is 380 g/mol. The topological polar surface area (TPSA) is 84.3 Å². The van der Waals surface area contributed by atoms with Crippen LogP contribution in [0.25, 0.3) is 0 Å².